The molecule has 3 aromatic carbocycles. The Morgan fingerprint density at radius 3 is 2.03 bits per heavy atom. The van der Waals surface area contributed by atoms with Gasteiger partial charge in [-0.3, -0.25) is 13.9 Å². The van der Waals surface area contributed by atoms with Crippen LogP contribution in [0.1, 0.15) is 56.5 Å². The number of para-hydroxylation sites is 1. The smallest absolute Gasteiger partial charge is 0.264 e. The van der Waals surface area contributed by atoms with Crippen molar-refractivity contribution in [3.8, 4) is 0 Å². The quantitative estimate of drug-likeness (QED) is 0.440. The third-order valence-electron chi connectivity index (χ3n) is 5.40. The molecule has 190 valence electrons. The summed E-state index contributed by atoms with van der Waals surface area (Å²) in [6.45, 7) is 9.23. The lowest BCUT2D eigenvalue weighted by Gasteiger charge is -2.25. The summed E-state index contributed by atoms with van der Waals surface area (Å²) >= 11 is 0. The molecule has 0 atom stereocenters. The fraction of sp³-hybridized carbons (Fsp3) is 0.286. The highest BCUT2D eigenvalue weighted by Gasteiger charge is 2.28. The molecule has 0 spiro atoms. The molecule has 0 aliphatic rings. The third-order valence-corrected chi connectivity index (χ3v) is 7.19. The van der Waals surface area contributed by atoms with Crippen LogP contribution in [0.25, 0.3) is 0 Å². The minimum absolute atomic E-state index is 0.0793. The van der Waals surface area contributed by atoms with Gasteiger partial charge in [0.25, 0.3) is 15.9 Å². The molecule has 0 unspecified atom stereocenters. The van der Waals surface area contributed by atoms with Gasteiger partial charge in [-0.25, -0.2) is 8.42 Å². The maximum atomic E-state index is 13.6. The van der Waals surface area contributed by atoms with Crippen molar-refractivity contribution in [2.24, 2.45) is 0 Å². The van der Waals surface area contributed by atoms with E-state index in [-0.39, 0.29) is 16.7 Å². The molecule has 0 saturated heterocycles. The standard InChI is InChI=1S/C28H33N3O4S/c1-20(2)21-15-17-22(18-16-21)31(36(34,35)23-11-7-6-8-12-23)19-26(32)29-25-14-10-9-13-24(25)27(33)30-28(3,4)5/h6-18,20H,19H2,1-5H3,(H,29,32)(H,30,33). The van der Waals surface area contributed by atoms with Gasteiger partial charge in [0.05, 0.1) is 21.8 Å². The molecule has 3 rings (SSSR count). The fourth-order valence-electron chi connectivity index (χ4n) is 3.58. The summed E-state index contributed by atoms with van der Waals surface area (Å²) in [7, 11) is -4.03. The van der Waals surface area contributed by atoms with Crippen LogP contribution in [-0.4, -0.2) is 32.3 Å². The number of carbonyl (C=O) groups is 2. The summed E-state index contributed by atoms with van der Waals surface area (Å²) in [5.74, 6) is -0.632. The lowest BCUT2D eigenvalue weighted by molar-refractivity contribution is -0.114. The minimum atomic E-state index is -4.03. The van der Waals surface area contributed by atoms with Gasteiger partial charge in [0.15, 0.2) is 0 Å². The van der Waals surface area contributed by atoms with E-state index in [1.807, 2.05) is 46.8 Å². The van der Waals surface area contributed by atoms with Gasteiger partial charge in [-0.2, -0.15) is 0 Å². The number of nitrogens with one attached hydrogen (secondary N) is 2. The summed E-state index contributed by atoms with van der Waals surface area (Å²) in [4.78, 5) is 26.0. The van der Waals surface area contributed by atoms with Gasteiger partial charge < -0.3 is 10.6 Å². The average Bonchev–Trinajstić information content (AvgIpc) is 2.82. The summed E-state index contributed by atoms with van der Waals surface area (Å²) in [6.07, 6.45) is 0. The summed E-state index contributed by atoms with van der Waals surface area (Å²) in [5.41, 5.74) is 1.56. The third kappa shape index (κ3) is 6.73. The van der Waals surface area contributed by atoms with Crippen molar-refractivity contribution in [1.82, 2.24) is 5.32 Å². The molecule has 8 heteroatoms. The number of hydrogen-bond acceptors (Lipinski definition) is 4. The van der Waals surface area contributed by atoms with Crippen molar-refractivity contribution in [3.63, 3.8) is 0 Å². The molecular formula is C28H33N3O4S. The van der Waals surface area contributed by atoms with Crippen molar-refractivity contribution < 1.29 is 18.0 Å². The molecular weight excluding hydrogens is 474 g/mol. The molecule has 0 heterocycles. The first-order chi connectivity index (χ1) is 16.9. The molecule has 0 fully saturated rings. The second-order valence-corrected chi connectivity index (χ2v) is 11.7. The van der Waals surface area contributed by atoms with Crippen LogP contribution in [0.3, 0.4) is 0 Å². The molecule has 2 N–H and O–H groups in total. The predicted molar refractivity (Wildman–Crippen MR) is 144 cm³/mol. The zero-order valence-electron chi connectivity index (χ0n) is 21.3. The van der Waals surface area contributed by atoms with Gasteiger partial charge in [0.1, 0.15) is 6.54 Å². The van der Waals surface area contributed by atoms with Gasteiger partial charge in [0, 0.05) is 5.54 Å². The SMILES string of the molecule is CC(C)c1ccc(N(CC(=O)Nc2ccccc2C(=O)NC(C)(C)C)S(=O)(=O)c2ccccc2)cc1. The van der Waals surface area contributed by atoms with E-state index in [4.69, 9.17) is 0 Å². The molecule has 0 aliphatic carbocycles. The highest BCUT2D eigenvalue weighted by atomic mass is 32.2. The van der Waals surface area contributed by atoms with Crippen molar-refractivity contribution in [3.05, 3.63) is 90.0 Å². The molecule has 3 aromatic rings. The van der Waals surface area contributed by atoms with Crippen LogP contribution in [0.5, 0.6) is 0 Å². The highest BCUT2D eigenvalue weighted by molar-refractivity contribution is 7.92. The number of carbonyl (C=O) groups excluding carboxylic acids is 2. The van der Waals surface area contributed by atoms with E-state index in [1.165, 1.54) is 12.1 Å². The van der Waals surface area contributed by atoms with E-state index in [2.05, 4.69) is 10.6 Å². The van der Waals surface area contributed by atoms with E-state index in [1.54, 1.807) is 54.6 Å². The lowest BCUT2D eigenvalue weighted by atomic mass is 10.0. The number of rotatable bonds is 8. The van der Waals surface area contributed by atoms with Crippen LogP contribution in [0.15, 0.2) is 83.8 Å². The van der Waals surface area contributed by atoms with Crippen LogP contribution >= 0.6 is 0 Å². The molecule has 0 saturated carbocycles. The first-order valence-corrected chi connectivity index (χ1v) is 13.2. The number of sulfonamides is 1. The fourth-order valence-corrected chi connectivity index (χ4v) is 5.02. The molecule has 0 aliphatic heterocycles. The Kier molecular flexibility index (Phi) is 8.20. The van der Waals surface area contributed by atoms with Gasteiger partial charge in [-0.15, -0.1) is 0 Å². The maximum absolute atomic E-state index is 13.6. The van der Waals surface area contributed by atoms with Gasteiger partial charge >= 0.3 is 0 Å². The molecule has 36 heavy (non-hydrogen) atoms. The summed E-state index contributed by atoms with van der Waals surface area (Å²) in [5, 5.41) is 5.60. The first kappa shape index (κ1) is 26.9. The van der Waals surface area contributed by atoms with Crippen molar-refractivity contribution in [1.29, 1.82) is 0 Å². The van der Waals surface area contributed by atoms with Gasteiger partial charge in [-0.1, -0.05) is 56.3 Å². The second kappa shape index (κ2) is 11.0. The van der Waals surface area contributed by atoms with Crippen molar-refractivity contribution >= 4 is 33.2 Å². The average molecular weight is 508 g/mol. The lowest BCUT2D eigenvalue weighted by Crippen LogP contribution is -2.41. The second-order valence-electron chi connectivity index (χ2n) is 9.87. The first-order valence-electron chi connectivity index (χ1n) is 11.8. The Bertz CT molecular complexity index is 1310. The van der Waals surface area contributed by atoms with Crippen LogP contribution < -0.4 is 14.9 Å². The Balaban J connectivity index is 1.93. The highest BCUT2D eigenvalue weighted by Crippen LogP contribution is 2.26. The Morgan fingerprint density at radius 1 is 0.861 bits per heavy atom. The summed E-state index contributed by atoms with van der Waals surface area (Å²) < 4.78 is 28.2. The van der Waals surface area contributed by atoms with E-state index in [0.29, 0.717) is 16.9 Å². The summed E-state index contributed by atoms with van der Waals surface area (Å²) in [6, 6.07) is 21.7. The number of amides is 2. The largest absolute Gasteiger partial charge is 0.347 e. The minimum Gasteiger partial charge on any atom is -0.347 e. The Labute approximate surface area is 213 Å². The van der Waals surface area contributed by atoms with Crippen LogP contribution in [0, 0.1) is 0 Å². The van der Waals surface area contributed by atoms with E-state index in [9.17, 15) is 18.0 Å². The van der Waals surface area contributed by atoms with E-state index in [0.717, 1.165) is 9.87 Å². The normalized spacial score (nSPS) is 11.7. The predicted octanol–water partition coefficient (Wildman–Crippen LogP) is 5.17. The Morgan fingerprint density at radius 2 is 1.44 bits per heavy atom. The zero-order chi connectivity index (χ0) is 26.5. The topological polar surface area (TPSA) is 95.6 Å². The number of anilines is 2. The molecule has 2 amide bonds. The zero-order valence-corrected chi connectivity index (χ0v) is 22.1. The maximum Gasteiger partial charge on any atom is 0.264 e. The molecule has 0 radical (unpaired) electrons. The van der Waals surface area contributed by atoms with Crippen molar-refractivity contribution in [2.45, 2.75) is 51.0 Å². The van der Waals surface area contributed by atoms with Crippen molar-refractivity contribution in [2.75, 3.05) is 16.2 Å². The van der Waals surface area contributed by atoms with Gasteiger partial charge in [-0.05, 0) is 68.7 Å². The van der Waals surface area contributed by atoms with E-state index >= 15 is 0 Å². The Hall–Kier alpha value is -3.65. The van der Waals surface area contributed by atoms with Gasteiger partial charge in [0.2, 0.25) is 5.91 Å². The van der Waals surface area contributed by atoms with Crippen LogP contribution in [0.4, 0.5) is 11.4 Å². The number of hydrogen-bond donors (Lipinski definition) is 2. The van der Waals surface area contributed by atoms with Crippen LogP contribution in [-0.2, 0) is 14.8 Å². The monoisotopic (exact) mass is 507 g/mol. The molecule has 0 aromatic heterocycles. The molecule has 0 bridgehead atoms. The number of benzene rings is 3. The van der Waals surface area contributed by atoms with E-state index < -0.39 is 28.0 Å². The number of nitrogens with zero attached hydrogens (tertiary/aromatic N) is 1. The molecule has 7 nitrogen and oxygen atoms in total. The van der Waals surface area contributed by atoms with Crippen LogP contribution in [0.2, 0.25) is 0 Å².